The molecule has 122 valence electrons. The second-order valence-corrected chi connectivity index (χ2v) is 5.99. The summed E-state index contributed by atoms with van der Waals surface area (Å²) in [5.41, 5.74) is 1.25. The van der Waals surface area contributed by atoms with Crippen molar-refractivity contribution in [1.29, 1.82) is 0 Å². The Morgan fingerprint density at radius 1 is 1.23 bits per heavy atom. The van der Waals surface area contributed by atoms with Gasteiger partial charge in [-0.25, -0.2) is 4.39 Å². The summed E-state index contributed by atoms with van der Waals surface area (Å²) in [5, 5.41) is 3.38. The Balaban J connectivity index is 0.00000176. The summed E-state index contributed by atoms with van der Waals surface area (Å²) in [6.07, 6.45) is 1.19. The van der Waals surface area contributed by atoms with Gasteiger partial charge in [-0.1, -0.05) is 0 Å². The molecule has 0 bridgehead atoms. The zero-order chi connectivity index (χ0) is 14.8. The van der Waals surface area contributed by atoms with Crippen LogP contribution in [0.3, 0.4) is 0 Å². The molecule has 0 saturated carbocycles. The van der Waals surface area contributed by atoms with Crippen molar-refractivity contribution in [3.63, 3.8) is 0 Å². The number of carbonyl (C=O) groups excluding carboxylic acids is 1. The van der Waals surface area contributed by atoms with Crippen LogP contribution in [0.1, 0.15) is 22.3 Å². The summed E-state index contributed by atoms with van der Waals surface area (Å²) < 4.78 is 13.4. The van der Waals surface area contributed by atoms with E-state index in [0.29, 0.717) is 11.6 Å². The first-order valence-electron chi connectivity index (χ1n) is 7.65. The van der Waals surface area contributed by atoms with Gasteiger partial charge in [-0.05, 0) is 43.7 Å². The average molecular weight is 328 g/mol. The van der Waals surface area contributed by atoms with Crippen molar-refractivity contribution in [2.45, 2.75) is 19.4 Å². The van der Waals surface area contributed by atoms with Crippen LogP contribution in [0, 0.1) is 12.7 Å². The molecule has 6 heteroatoms. The van der Waals surface area contributed by atoms with Crippen LogP contribution in [0.5, 0.6) is 0 Å². The van der Waals surface area contributed by atoms with Crippen molar-refractivity contribution in [2.24, 2.45) is 0 Å². The zero-order valence-electron chi connectivity index (χ0n) is 12.8. The highest BCUT2D eigenvalue weighted by Crippen LogP contribution is 2.15. The predicted molar refractivity (Wildman–Crippen MR) is 87.1 cm³/mol. The van der Waals surface area contributed by atoms with E-state index in [4.69, 9.17) is 0 Å². The van der Waals surface area contributed by atoms with E-state index in [1.807, 2.05) is 11.8 Å². The quantitative estimate of drug-likeness (QED) is 0.897. The highest BCUT2D eigenvalue weighted by molar-refractivity contribution is 5.94. The van der Waals surface area contributed by atoms with Crippen LogP contribution >= 0.6 is 12.4 Å². The van der Waals surface area contributed by atoms with Crippen molar-refractivity contribution in [2.75, 3.05) is 39.3 Å². The van der Waals surface area contributed by atoms with E-state index in [2.05, 4.69) is 10.2 Å². The Hall–Kier alpha value is -1.17. The van der Waals surface area contributed by atoms with Gasteiger partial charge in [0.2, 0.25) is 0 Å². The summed E-state index contributed by atoms with van der Waals surface area (Å²) in [6.45, 7) is 7.23. The minimum absolute atomic E-state index is 0. The molecule has 1 N–H and O–H groups in total. The second-order valence-electron chi connectivity index (χ2n) is 5.99. The minimum atomic E-state index is -0.339. The van der Waals surface area contributed by atoms with E-state index >= 15 is 0 Å². The van der Waals surface area contributed by atoms with E-state index in [-0.39, 0.29) is 24.1 Å². The van der Waals surface area contributed by atoms with Crippen LogP contribution in [0.15, 0.2) is 18.2 Å². The van der Waals surface area contributed by atoms with E-state index in [1.54, 1.807) is 6.07 Å². The monoisotopic (exact) mass is 327 g/mol. The third kappa shape index (κ3) is 3.77. The first-order chi connectivity index (χ1) is 10.1. The van der Waals surface area contributed by atoms with Crippen LogP contribution in [0.2, 0.25) is 0 Å². The molecule has 0 aromatic heterocycles. The van der Waals surface area contributed by atoms with Gasteiger partial charge in [0.1, 0.15) is 5.82 Å². The average Bonchev–Trinajstić information content (AvgIpc) is 3.00. The van der Waals surface area contributed by atoms with Crippen molar-refractivity contribution < 1.29 is 9.18 Å². The van der Waals surface area contributed by atoms with Gasteiger partial charge in [0.15, 0.2) is 0 Å². The molecule has 4 nitrogen and oxygen atoms in total. The third-order valence-electron chi connectivity index (χ3n) is 4.44. The van der Waals surface area contributed by atoms with Gasteiger partial charge in [-0.3, -0.25) is 9.69 Å². The highest BCUT2D eigenvalue weighted by Gasteiger charge is 2.28. The van der Waals surface area contributed by atoms with Gasteiger partial charge in [0.25, 0.3) is 5.91 Å². The van der Waals surface area contributed by atoms with Gasteiger partial charge in [-0.15, -0.1) is 12.4 Å². The van der Waals surface area contributed by atoms with Crippen LogP contribution in [0.4, 0.5) is 4.39 Å². The molecule has 2 saturated heterocycles. The number of benzene rings is 1. The molecule has 1 unspecified atom stereocenters. The standard InChI is InChI=1S/C16H22FN3O.ClH/c1-12-8-13(10-14(17)9-12)16(21)20-6-4-19(5-7-20)15-2-3-18-11-15;/h8-10,15,18H,2-7,11H2,1H3;1H. The Labute approximate surface area is 137 Å². The fourth-order valence-electron chi connectivity index (χ4n) is 3.28. The lowest BCUT2D eigenvalue weighted by atomic mass is 10.1. The van der Waals surface area contributed by atoms with Crippen molar-refractivity contribution in [1.82, 2.24) is 15.1 Å². The van der Waals surface area contributed by atoms with E-state index in [0.717, 1.165) is 44.8 Å². The molecule has 0 spiro atoms. The summed E-state index contributed by atoms with van der Waals surface area (Å²) >= 11 is 0. The lowest BCUT2D eigenvalue weighted by Crippen LogP contribution is -2.52. The van der Waals surface area contributed by atoms with Crippen molar-refractivity contribution in [3.05, 3.63) is 35.1 Å². The van der Waals surface area contributed by atoms with E-state index < -0.39 is 0 Å². The third-order valence-corrected chi connectivity index (χ3v) is 4.44. The smallest absolute Gasteiger partial charge is 0.254 e. The number of aryl methyl sites for hydroxylation is 1. The van der Waals surface area contributed by atoms with Crippen molar-refractivity contribution >= 4 is 18.3 Å². The molecule has 1 aromatic carbocycles. The number of nitrogens with zero attached hydrogens (tertiary/aromatic N) is 2. The second kappa shape index (κ2) is 7.40. The maximum atomic E-state index is 13.4. The number of nitrogens with one attached hydrogen (secondary N) is 1. The number of carbonyl (C=O) groups is 1. The van der Waals surface area contributed by atoms with Crippen LogP contribution in [-0.2, 0) is 0 Å². The van der Waals surface area contributed by atoms with Gasteiger partial charge in [-0.2, -0.15) is 0 Å². The van der Waals surface area contributed by atoms with Crippen LogP contribution in [-0.4, -0.2) is 61.0 Å². The molecule has 3 rings (SSSR count). The lowest BCUT2D eigenvalue weighted by molar-refractivity contribution is 0.0583. The normalized spacial score (nSPS) is 22.5. The maximum absolute atomic E-state index is 13.4. The van der Waals surface area contributed by atoms with Crippen LogP contribution < -0.4 is 5.32 Å². The van der Waals surface area contributed by atoms with Gasteiger partial charge >= 0.3 is 0 Å². The molecule has 22 heavy (non-hydrogen) atoms. The summed E-state index contributed by atoms with van der Waals surface area (Å²) in [7, 11) is 0. The largest absolute Gasteiger partial charge is 0.336 e. The Bertz CT molecular complexity index is 506. The number of piperazine rings is 1. The Kier molecular flexibility index (Phi) is 5.78. The first kappa shape index (κ1) is 17.2. The number of hydrogen-bond donors (Lipinski definition) is 1. The van der Waals surface area contributed by atoms with Gasteiger partial charge in [0, 0.05) is 44.3 Å². The minimum Gasteiger partial charge on any atom is -0.336 e. The summed E-state index contributed by atoms with van der Waals surface area (Å²) in [6, 6.07) is 5.15. The molecule has 0 radical (unpaired) electrons. The fourth-order valence-corrected chi connectivity index (χ4v) is 3.28. The number of amides is 1. The molecule has 2 aliphatic rings. The SMILES string of the molecule is Cc1cc(F)cc(C(=O)N2CCN(C3CCNC3)CC2)c1.Cl. The fraction of sp³-hybridized carbons (Fsp3) is 0.562. The van der Waals surface area contributed by atoms with Gasteiger partial charge in [0.05, 0.1) is 0 Å². The molecule has 2 heterocycles. The Morgan fingerprint density at radius 2 is 1.95 bits per heavy atom. The molecule has 1 atom stereocenters. The predicted octanol–water partition coefficient (Wildman–Crippen LogP) is 1.68. The summed E-state index contributed by atoms with van der Waals surface area (Å²) in [4.78, 5) is 16.8. The van der Waals surface area contributed by atoms with Crippen LogP contribution in [0.25, 0.3) is 0 Å². The lowest BCUT2D eigenvalue weighted by Gasteiger charge is -2.37. The molecular weight excluding hydrogens is 305 g/mol. The van der Waals surface area contributed by atoms with Gasteiger partial charge < -0.3 is 10.2 Å². The molecule has 1 aromatic rings. The van der Waals surface area contributed by atoms with E-state index in [9.17, 15) is 9.18 Å². The maximum Gasteiger partial charge on any atom is 0.254 e. The topological polar surface area (TPSA) is 35.6 Å². The number of rotatable bonds is 2. The molecule has 2 aliphatic heterocycles. The molecular formula is C16H23ClFN3O. The summed E-state index contributed by atoms with van der Waals surface area (Å²) in [5.74, 6) is -0.393. The van der Waals surface area contributed by atoms with E-state index in [1.165, 1.54) is 18.6 Å². The first-order valence-corrected chi connectivity index (χ1v) is 7.65. The molecule has 0 aliphatic carbocycles. The zero-order valence-corrected chi connectivity index (χ0v) is 13.7. The molecule has 2 fully saturated rings. The molecule has 1 amide bonds. The van der Waals surface area contributed by atoms with Crippen molar-refractivity contribution in [3.8, 4) is 0 Å². The number of halogens is 2. The number of hydrogen-bond acceptors (Lipinski definition) is 3. The Morgan fingerprint density at radius 3 is 2.55 bits per heavy atom. The highest BCUT2D eigenvalue weighted by atomic mass is 35.5.